The summed E-state index contributed by atoms with van der Waals surface area (Å²) in [7, 11) is 0. The molecule has 1 saturated carbocycles. The molecule has 1 N–H and O–H groups in total. The van der Waals surface area contributed by atoms with Gasteiger partial charge in [-0.25, -0.2) is 0 Å². The molecule has 0 bridgehead atoms. The monoisotopic (exact) mass is 271 g/mol. The molecular weight excluding hydrogens is 250 g/mol. The van der Waals surface area contributed by atoms with E-state index in [2.05, 4.69) is 16.4 Å². The first kappa shape index (κ1) is 14.5. The third kappa shape index (κ3) is 3.57. The number of pyridine rings is 1. The number of hydrogen-bond donors (Lipinski definition) is 1. The normalized spacial score (nSPS) is 17.8. The molecule has 0 atom stereocenters. The van der Waals surface area contributed by atoms with E-state index in [1.807, 2.05) is 12.1 Å². The van der Waals surface area contributed by atoms with Gasteiger partial charge in [-0.1, -0.05) is 31.7 Å². The molecule has 0 unspecified atom stereocenters. The van der Waals surface area contributed by atoms with Crippen LogP contribution in [-0.4, -0.2) is 17.4 Å². The molecule has 0 spiro atoms. The van der Waals surface area contributed by atoms with Gasteiger partial charge in [0.25, 0.3) is 0 Å². The number of nitrogens with one attached hydrogen (secondary N) is 1. The number of hydrogen-bond acceptors (Lipinski definition) is 3. The molecule has 0 aliphatic heterocycles. The summed E-state index contributed by atoms with van der Waals surface area (Å²) in [6.07, 6.45) is 9.90. The minimum Gasteiger partial charge on any atom is -0.354 e. The molecule has 1 aromatic heterocycles. The largest absolute Gasteiger partial charge is 0.354 e. The molecule has 20 heavy (non-hydrogen) atoms. The van der Waals surface area contributed by atoms with Gasteiger partial charge in [0, 0.05) is 18.9 Å². The molecule has 1 aliphatic carbocycles. The van der Waals surface area contributed by atoms with Gasteiger partial charge < -0.3 is 5.32 Å². The minimum atomic E-state index is -0.800. The van der Waals surface area contributed by atoms with E-state index in [4.69, 9.17) is 0 Å². The molecule has 0 radical (unpaired) electrons. The lowest BCUT2D eigenvalue weighted by atomic mass is 9.81. The highest BCUT2D eigenvalue weighted by Crippen LogP contribution is 2.34. The van der Waals surface area contributed by atoms with Crippen LogP contribution in [0.25, 0.3) is 0 Å². The van der Waals surface area contributed by atoms with Crippen LogP contribution in [0, 0.1) is 16.7 Å². The lowest BCUT2D eigenvalue weighted by Crippen LogP contribution is -2.40. The molecule has 1 amide bonds. The number of nitrogens with zero attached hydrogens (tertiary/aromatic N) is 2. The fourth-order valence-corrected chi connectivity index (χ4v) is 2.76. The second-order valence-corrected chi connectivity index (χ2v) is 5.48. The predicted octanol–water partition coefficient (Wildman–Crippen LogP) is 2.60. The number of carbonyl (C=O) groups is 1. The molecule has 2 rings (SSSR count). The van der Waals surface area contributed by atoms with Crippen molar-refractivity contribution in [2.45, 2.75) is 44.9 Å². The lowest BCUT2D eigenvalue weighted by Gasteiger charge is -2.23. The van der Waals surface area contributed by atoms with Gasteiger partial charge in [0.05, 0.1) is 6.07 Å². The van der Waals surface area contributed by atoms with E-state index in [0.717, 1.165) is 37.7 Å². The first-order valence-electron chi connectivity index (χ1n) is 7.35. The van der Waals surface area contributed by atoms with E-state index in [1.165, 1.54) is 0 Å². The molecule has 1 aliphatic rings. The third-order valence-electron chi connectivity index (χ3n) is 4.03. The van der Waals surface area contributed by atoms with Crippen molar-refractivity contribution in [1.82, 2.24) is 10.3 Å². The second-order valence-electron chi connectivity index (χ2n) is 5.48. The van der Waals surface area contributed by atoms with Crippen LogP contribution >= 0.6 is 0 Å². The molecule has 0 saturated heterocycles. The van der Waals surface area contributed by atoms with Crippen molar-refractivity contribution in [2.75, 3.05) is 6.54 Å². The van der Waals surface area contributed by atoms with Gasteiger partial charge in [-0.15, -0.1) is 0 Å². The zero-order valence-corrected chi connectivity index (χ0v) is 11.8. The van der Waals surface area contributed by atoms with Crippen LogP contribution in [0.5, 0.6) is 0 Å². The van der Waals surface area contributed by atoms with Gasteiger partial charge in [-0.2, -0.15) is 5.26 Å². The summed E-state index contributed by atoms with van der Waals surface area (Å²) < 4.78 is 0. The van der Waals surface area contributed by atoms with Gasteiger partial charge in [-0.05, 0) is 30.9 Å². The molecule has 1 heterocycles. The van der Waals surface area contributed by atoms with E-state index in [1.54, 1.807) is 12.4 Å². The van der Waals surface area contributed by atoms with Crippen molar-refractivity contribution >= 4 is 5.91 Å². The topological polar surface area (TPSA) is 65.8 Å². The summed E-state index contributed by atoms with van der Waals surface area (Å²) in [5, 5.41) is 12.4. The maximum Gasteiger partial charge on any atom is 0.240 e. The first-order valence-corrected chi connectivity index (χ1v) is 7.35. The summed E-state index contributed by atoms with van der Waals surface area (Å²) in [6.45, 7) is 0.563. The zero-order valence-electron chi connectivity index (χ0n) is 11.8. The van der Waals surface area contributed by atoms with E-state index >= 15 is 0 Å². The maximum absolute atomic E-state index is 12.3. The van der Waals surface area contributed by atoms with E-state index in [9.17, 15) is 10.1 Å². The Morgan fingerprint density at radius 1 is 1.35 bits per heavy atom. The molecule has 1 aromatic rings. The Hall–Kier alpha value is -1.89. The first-order chi connectivity index (χ1) is 9.77. The molecule has 4 nitrogen and oxygen atoms in total. The highest BCUT2D eigenvalue weighted by molar-refractivity contribution is 5.85. The summed E-state index contributed by atoms with van der Waals surface area (Å²) in [6, 6.07) is 6.16. The number of rotatable bonds is 4. The molecule has 1 fully saturated rings. The molecule has 106 valence electrons. The second kappa shape index (κ2) is 7.04. The van der Waals surface area contributed by atoms with Gasteiger partial charge in [-0.3, -0.25) is 9.78 Å². The minimum absolute atomic E-state index is 0.0919. The average molecular weight is 271 g/mol. The lowest BCUT2D eigenvalue weighted by molar-refractivity contribution is -0.128. The third-order valence-corrected chi connectivity index (χ3v) is 4.03. The summed E-state index contributed by atoms with van der Waals surface area (Å²) in [5.74, 6) is -0.0919. The van der Waals surface area contributed by atoms with Gasteiger partial charge in [0.1, 0.15) is 5.41 Å². The fourth-order valence-electron chi connectivity index (χ4n) is 2.76. The van der Waals surface area contributed by atoms with Crippen LogP contribution in [0.15, 0.2) is 24.5 Å². The van der Waals surface area contributed by atoms with Crippen LogP contribution in [0.3, 0.4) is 0 Å². The van der Waals surface area contributed by atoms with Crippen LogP contribution in [0.2, 0.25) is 0 Å². The highest BCUT2D eigenvalue weighted by Gasteiger charge is 2.38. The number of amides is 1. The predicted molar refractivity (Wildman–Crippen MR) is 76.7 cm³/mol. The Kier molecular flexibility index (Phi) is 5.11. The van der Waals surface area contributed by atoms with Crippen LogP contribution in [0.1, 0.15) is 44.1 Å². The highest BCUT2D eigenvalue weighted by atomic mass is 16.2. The van der Waals surface area contributed by atoms with Gasteiger partial charge in [0.15, 0.2) is 0 Å². The van der Waals surface area contributed by atoms with Crippen molar-refractivity contribution in [2.24, 2.45) is 5.41 Å². The Labute approximate surface area is 120 Å². The SMILES string of the molecule is N#CC1(C(=O)NCCc2cccnc2)CCCCCC1. The van der Waals surface area contributed by atoms with Crippen molar-refractivity contribution in [3.8, 4) is 6.07 Å². The quantitative estimate of drug-likeness (QED) is 0.856. The summed E-state index contributed by atoms with van der Waals surface area (Å²) in [4.78, 5) is 16.4. The van der Waals surface area contributed by atoms with Gasteiger partial charge in [0.2, 0.25) is 5.91 Å². The summed E-state index contributed by atoms with van der Waals surface area (Å²) in [5.41, 5.74) is 0.297. The molecule has 4 heteroatoms. The van der Waals surface area contributed by atoms with Crippen molar-refractivity contribution in [3.63, 3.8) is 0 Å². The van der Waals surface area contributed by atoms with E-state index in [-0.39, 0.29) is 5.91 Å². The Morgan fingerprint density at radius 2 is 2.10 bits per heavy atom. The maximum atomic E-state index is 12.3. The van der Waals surface area contributed by atoms with E-state index in [0.29, 0.717) is 19.4 Å². The zero-order chi connectivity index (χ0) is 14.3. The number of aromatic nitrogens is 1. The van der Waals surface area contributed by atoms with Crippen LogP contribution in [0.4, 0.5) is 0 Å². The van der Waals surface area contributed by atoms with Crippen LogP contribution in [-0.2, 0) is 11.2 Å². The smallest absolute Gasteiger partial charge is 0.240 e. The standard InChI is InChI=1S/C16H21N3O/c17-13-16(8-3-1-2-4-9-16)15(20)19-11-7-14-6-5-10-18-12-14/h5-6,10,12H,1-4,7-9,11H2,(H,19,20). The van der Waals surface area contributed by atoms with Crippen LogP contribution < -0.4 is 5.32 Å². The van der Waals surface area contributed by atoms with E-state index < -0.39 is 5.41 Å². The molecule has 0 aromatic carbocycles. The summed E-state index contributed by atoms with van der Waals surface area (Å²) >= 11 is 0. The number of carbonyl (C=O) groups excluding carboxylic acids is 1. The number of nitriles is 1. The van der Waals surface area contributed by atoms with Crippen molar-refractivity contribution < 1.29 is 4.79 Å². The fraction of sp³-hybridized carbons (Fsp3) is 0.562. The van der Waals surface area contributed by atoms with Gasteiger partial charge >= 0.3 is 0 Å². The molecular formula is C16H21N3O. The Bertz CT molecular complexity index is 470. The average Bonchev–Trinajstić information content (AvgIpc) is 2.74. The Balaban J connectivity index is 1.88. The van der Waals surface area contributed by atoms with Crippen molar-refractivity contribution in [1.29, 1.82) is 5.26 Å². The van der Waals surface area contributed by atoms with Crippen molar-refractivity contribution in [3.05, 3.63) is 30.1 Å². The Morgan fingerprint density at radius 3 is 2.70 bits per heavy atom.